The van der Waals surface area contributed by atoms with Crippen molar-refractivity contribution in [1.82, 2.24) is 4.57 Å². The molecule has 0 aliphatic rings. The number of benzene rings is 1. The third-order valence-electron chi connectivity index (χ3n) is 3.22. The second-order valence-electron chi connectivity index (χ2n) is 4.97. The van der Waals surface area contributed by atoms with Crippen LogP contribution in [0.3, 0.4) is 0 Å². The summed E-state index contributed by atoms with van der Waals surface area (Å²) in [5, 5.41) is 9.21. The van der Waals surface area contributed by atoms with Gasteiger partial charge in [-0.05, 0) is 13.0 Å². The fourth-order valence-corrected chi connectivity index (χ4v) is 2.28. The summed E-state index contributed by atoms with van der Waals surface area (Å²) in [5.74, 6) is -2.83. The zero-order valence-electron chi connectivity index (χ0n) is 13.3. The lowest BCUT2D eigenvalue weighted by Gasteiger charge is -2.14. The minimum Gasteiger partial charge on any atom is -0.477 e. The minimum absolute atomic E-state index is 0.0325. The van der Waals surface area contributed by atoms with Crippen molar-refractivity contribution in [3.63, 3.8) is 0 Å². The number of esters is 2. The van der Waals surface area contributed by atoms with Gasteiger partial charge in [-0.15, -0.1) is 0 Å². The molecule has 24 heavy (non-hydrogen) atoms. The molecule has 8 heteroatoms. The number of hydrogen-bond donors (Lipinski definition) is 1. The molecule has 0 fully saturated rings. The normalized spacial score (nSPS) is 10.5. The van der Waals surface area contributed by atoms with Gasteiger partial charge in [0.05, 0.1) is 10.9 Å². The molecular formula is C16H15NO7. The molecule has 1 heterocycles. The van der Waals surface area contributed by atoms with Gasteiger partial charge >= 0.3 is 17.9 Å². The van der Waals surface area contributed by atoms with Gasteiger partial charge in [-0.25, -0.2) is 4.79 Å². The summed E-state index contributed by atoms with van der Waals surface area (Å²) in [7, 11) is 0. The van der Waals surface area contributed by atoms with Crippen LogP contribution in [0.4, 0.5) is 0 Å². The summed E-state index contributed by atoms with van der Waals surface area (Å²) in [6.45, 7) is 4.48. The van der Waals surface area contributed by atoms with Gasteiger partial charge in [0.1, 0.15) is 5.56 Å². The number of carboxylic acids is 1. The van der Waals surface area contributed by atoms with Crippen molar-refractivity contribution in [1.29, 1.82) is 0 Å². The third kappa shape index (κ3) is 3.27. The van der Waals surface area contributed by atoms with Crippen molar-refractivity contribution in [2.24, 2.45) is 0 Å². The van der Waals surface area contributed by atoms with E-state index in [2.05, 4.69) is 0 Å². The monoisotopic (exact) mass is 333 g/mol. The van der Waals surface area contributed by atoms with Gasteiger partial charge in [0.15, 0.2) is 11.5 Å². The summed E-state index contributed by atoms with van der Waals surface area (Å²) in [5.41, 5.74) is -0.761. The number of aryl methyl sites for hydroxylation is 1. The summed E-state index contributed by atoms with van der Waals surface area (Å²) in [6.07, 6.45) is 1.22. The Balaban J connectivity index is 2.87. The SMILES string of the molecule is CCn1cc(C(=O)O)c(=O)c2cc(OC(C)=O)c(OC(C)=O)cc21. The molecule has 0 spiro atoms. The number of aromatic nitrogens is 1. The van der Waals surface area contributed by atoms with Crippen LogP contribution in [-0.2, 0) is 16.1 Å². The molecule has 2 aromatic rings. The standard InChI is InChI=1S/C16H15NO7/c1-4-17-7-11(16(21)22)15(20)10-5-13(23-8(2)18)14(6-12(10)17)24-9(3)19/h5-7H,4H2,1-3H3,(H,21,22). The van der Waals surface area contributed by atoms with Crippen molar-refractivity contribution in [3.8, 4) is 11.5 Å². The molecule has 8 nitrogen and oxygen atoms in total. The van der Waals surface area contributed by atoms with Gasteiger partial charge in [-0.3, -0.25) is 14.4 Å². The molecule has 2 rings (SSSR count). The second kappa shape index (κ2) is 6.53. The van der Waals surface area contributed by atoms with Crippen LogP contribution in [0.2, 0.25) is 0 Å². The minimum atomic E-state index is -1.36. The van der Waals surface area contributed by atoms with Crippen molar-refractivity contribution in [2.75, 3.05) is 0 Å². The lowest BCUT2D eigenvalue weighted by atomic mass is 10.1. The Morgan fingerprint density at radius 3 is 2.08 bits per heavy atom. The van der Waals surface area contributed by atoms with Crippen LogP contribution < -0.4 is 14.9 Å². The van der Waals surface area contributed by atoms with E-state index < -0.39 is 28.9 Å². The van der Waals surface area contributed by atoms with Crippen molar-refractivity contribution in [3.05, 3.63) is 34.1 Å². The molecule has 126 valence electrons. The van der Waals surface area contributed by atoms with E-state index in [1.165, 1.54) is 29.8 Å². The van der Waals surface area contributed by atoms with Crippen molar-refractivity contribution < 1.29 is 29.0 Å². The molecule has 0 saturated carbocycles. The van der Waals surface area contributed by atoms with E-state index in [1.54, 1.807) is 6.92 Å². The van der Waals surface area contributed by atoms with Crippen LogP contribution in [0.15, 0.2) is 23.1 Å². The fourth-order valence-electron chi connectivity index (χ4n) is 2.28. The Hall–Kier alpha value is -3.16. The second-order valence-corrected chi connectivity index (χ2v) is 4.97. The van der Waals surface area contributed by atoms with Crippen LogP contribution in [0.5, 0.6) is 11.5 Å². The first-order chi connectivity index (χ1) is 11.2. The van der Waals surface area contributed by atoms with Crippen LogP contribution in [0, 0.1) is 0 Å². The maximum Gasteiger partial charge on any atom is 0.341 e. The highest BCUT2D eigenvalue weighted by Gasteiger charge is 2.19. The smallest absolute Gasteiger partial charge is 0.341 e. The maximum absolute atomic E-state index is 12.4. The molecule has 0 aliphatic heterocycles. The van der Waals surface area contributed by atoms with Crippen LogP contribution in [-0.4, -0.2) is 27.6 Å². The first-order valence-corrected chi connectivity index (χ1v) is 7.06. The fraction of sp³-hybridized carbons (Fsp3) is 0.250. The Kier molecular flexibility index (Phi) is 4.68. The summed E-state index contributed by atoms with van der Waals surface area (Å²) < 4.78 is 11.5. The van der Waals surface area contributed by atoms with E-state index >= 15 is 0 Å². The number of fused-ring (bicyclic) bond motifs is 1. The number of pyridine rings is 1. The number of aromatic carboxylic acids is 1. The topological polar surface area (TPSA) is 112 Å². The Morgan fingerprint density at radius 1 is 1.08 bits per heavy atom. The van der Waals surface area contributed by atoms with Crippen LogP contribution >= 0.6 is 0 Å². The van der Waals surface area contributed by atoms with Gasteiger partial charge in [0, 0.05) is 32.7 Å². The largest absolute Gasteiger partial charge is 0.477 e. The molecule has 0 aliphatic carbocycles. The molecule has 0 unspecified atom stereocenters. The lowest BCUT2D eigenvalue weighted by molar-refractivity contribution is -0.134. The van der Waals surface area contributed by atoms with E-state index in [1.807, 2.05) is 0 Å². The zero-order chi connectivity index (χ0) is 18.0. The molecule has 0 amide bonds. The van der Waals surface area contributed by atoms with Gasteiger partial charge in [0.2, 0.25) is 5.43 Å². The predicted molar refractivity (Wildman–Crippen MR) is 83.5 cm³/mol. The average Bonchev–Trinajstić information content (AvgIpc) is 2.47. The van der Waals surface area contributed by atoms with Crippen molar-refractivity contribution in [2.45, 2.75) is 27.3 Å². The van der Waals surface area contributed by atoms with E-state index in [4.69, 9.17) is 14.6 Å². The molecule has 0 saturated heterocycles. The number of ether oxygens (including phenoxy) is 2. The maximum atomic E-state index is 12.4. The van der Waals surface area contributed by atoms with E-state index in [9.17, 15) is 19.2 Å². The first-order valence-electron chi connectivity index (χ1n) is 7.06. The summed E-state index contributed by atoms with van der Waals surface area (Å²) >= 11 is 0. The molecule has 1 aromatic carbocycles. The number of carbonyl (C=O) groups is 3. The first kappa shape index (κ1) is 17.2. The predicted octanol–water partition coefficient (Wildman–Crippen LogP) is 1.57. The number of carboxylic acid groups (broad SMARTS) is 1. The van der Waals surface area contributed by atoms with Crippen LogP contribution in [0.25, 0.3) is 10.9 Å². The molecule has 0 radical (unpaired) electrons. The van der Waals surface area contributed by atoms with Gasteiger partial charge in [-0.2, -0.15) is 0 Å². The quantitative estimate of drug-likeness (QED) is 0.667. The highest BCUT2D eigenvalue weighted by Crippen LogP contribution is 2.32. The zero-order valence-corrected chi connectivity index (χ0v) is 13.3. The van der Waals surface area contributed by atoms with Crippen LogP contribution in [0.1, 0.15) is 31.1 Å². The molecular weight excluding hydrogens is 318 g/mol. The van der Waals surface area contributed by atoms with E-state index in [0.717, 1.165) is 6.92 Å². The molecule has 0 bridgehead atoms. The highest BCUT2D eigenvalue weighted by atomic mass is 16.6. The lowest BCUT2D eigenvalue weighted by Crippen LogP contribution is -2.19. The Morgan fingerprint density at radius 2 is 1.62 bits per heavy atom. The number of carbonyl (C=O) groups excluding carboxylic acids is 2. The van der Waals surface area contributed by atoms with Gasteiger partial charge in [-0.1, -0.05) is 0 Å². The highest BCUT2D eigenvalue weighted by molar-refractivity contribution is 5.94. The summed E-state index contributed by atoms with van der Waals surface area (Å²) in [4.78, 5) is 46.1. The number of rotatable bonds is 4. The summed E-state index contributed by atoms with van der Waals surface area (Å²) in [6, 6.07) is 2.57. The number of hydrogen-bond acceptors (Lipinski definition) is 6. The van der Waals surface area contributed by atoms with Crippen molar-refractivity contribution >= 4 is 28.8 Å². The third-order valence-corrected chi connectivity index (χ3v) is 3.22. The molecule has 1 aromatic heterocycles. The van der Waals surface area contributed by atoms with Gasteiger partial charge in [0.25, 0.3) is 0 Å². The van der Waals surface area contributed by atoms with E-state index in [0.29, 0.717) is 12.1 Å². The molecule has 0 atom stereocenters. The number of nitrogens with zero attached hydrogens (tertiary/aromatic N) is 1. The average molecular weight is 333 g/mol. The van der Waals surface area contributed by atoms with Gasteiger partial charge < -0.3 is 19.1 Å². The Bertz CT molecular complexity index is 911. The molecule has 1 N–H and O–H groups in total. The van der Waals surface area contributed by atoms with E-state index in [-0.39, 0.29) is 16.9 Å². The Labute approximate surface area is 136 Å².